The number of carbonyl (C=O) groups excluding carboxylic acids is 2. The summed E-state index contributed by atoms with van der Waals surface area (Å²) in [6.07, 6.45) is -0.341. The molecular weight excluding hydrogens is 508 g/mol. The SMILES string of the molecule is [2H]C([2H])([2H])NC(=O)c1nnc(NC(=O)OC)cc1Nc1cccc(-c2noc(CN3CCCS3(=O)=O)n2)c1OC. The lowest BCUT2D eigenvalue weighted by Crippen LogP contribution is -2.25. The maximum Gasteiger partial charge on any atom is 0.412 e. The number of amides is 2. The van der Waals surface area contributed by atoms with Gasteiger partial charge in [0.2, 0.25) is 21.7 Å². The molecule has 37 heavy (non-hydrogen) atoms. The first-order chi connectivity index (χ1) is 18.9. The zero-order valence-electron chi connectivity index (χ0n) is 22.6. The minimum absolute atomic E-state index is 0.0355. The monoisotopic (exact) mass is 535 g/mol. The Kier molecular flexibility index (Phi) is 6.37. The first-order valence-corrected chi connectivity index (χ1v) is 12.3. The smallest absolute Gasteiger partial charge is 0.412 e. The maximum absolute atomic E-state index is 12.7. The molecule has 0 radical (unpaired) electrons. The van der Waals surface area contributed by atoms with Crippen LogP contribution in [0, 0.1) is 0 Å². The molecule has 1 aromatic carbocycles. The second-order valence-corrected chi connectivity index (χ2v) is 9.68. The van der Waals surface area contributed by atoms with Gasteiger partial charge in [-0.3, -0.25) is 10.1 Å². The fraction of sp³-hybridized carbons (Fsp3) is 0.333. The van der Waals surface area contributed by atoms with Crippen molar-refractivity contribution in [2.24, 2.45) is 0 Å². The molecule has 16 heteroatoms. The van der Waals surface area contributed by atoms with E-state index in [4.69, 9.17) is 13.4 Å². The van der Waals surface area contributed by atoms with Crippen LogP contribution in [0.5, 0.6) is 5.75 Å². The van der Waals surface area contributed by atoms with Crippen molar-refractivity contribution < 1.29 is 36.1 Å². The van der Waals surface area contributed by atoms with Crippen LogP contribution < -0.4 is 20.7 Å². The quantitative estimate of drug-likeness (QED) is 0.376. The summed E-state index contributed by atoms with van der Waals surface area (Å²) in [6.45, 7) is -2.52. The van der Waals surface area contributed by atoms with Crippen LogP contribution in [0.4, 0.5) is 22.0 Å². The molecule has 2 amide bonds. The summed E-state index contributed by atoms with van der Waals surface area (Å²) < 4.78 is 62.9. The van der Waals surface area contributed by atoms with Crippen LogP contribution in [0.25, 0.3) is 11.4 Å². The normalized spacial score (nSPS) is 16.2. The van der Waals surface area contributed by atoms with Crippen molar-refractivity contribution in [2.75, 3.05) is 44.1 Å². The van der Waals surface area contributed by atoms with Gasteiger partial charge < -0.3 is 24.6 Å². The van der Waals surface area contributed by atoms with Crippen LogP contribution in [-0.2, 0) is 21.3 Å². The summed E-state index contributed by atoms with van der Waals surface area (Å²) in [5, 5.41) is 18.5. The van der Waals surface area contributed by atoms with E-state index >= 15 is 0 Å². The van der Waals surface area contributed by atoms with Crippen LogP contribution in [0.3, 0.4) is 0 Å². The number of benzene rings is 1. The summed E-state index contributed by atoms with van der Waals surface area (Å²) >= 11 is 0. The molecule has 4 rings (SSSR count). The predicted octanol–water partition coefficient (Wildman–Crippen LogP) is 1.35. The zero-order chi connectivity index (χ0) is 29.1. The largest absolute Gasteiger partial charge is 0.494 e. The Bertz CT molecular complexity index is 1530. The van der Waals surface area contributed by atoms with Crippen LogP contribution in [0.1, 0.15) is 26.9 Å². The van der Waals surface area contributed by atoms with Crippen molar-refractivity contribution in [1.29, 1.82) is 0 Å². The van der Waals surface area contributed by atoms with Crippen LogP contribution in [0.2, 0.25) is 0 Å². The predicted molar refractivity (Wildman–Crippen MR) is 130 cm³/mol. The Hall–Kier alpha value is -4.31. The van der Waals surface area contributed by atoms with Gasteiger partial charge in [-0.2, -0.15) is 9.29 Å². The number of aromatic nitrogens is 4. The third kappa shape index (κ3) is 5.59. The number of hydrogen-bond acceptors (Lipinski definition) is 12. The van der Waals surface area contributed by atoms with Crippen molar-refractivity contribution in [2.45, 2.75) is 13.0 Å². The fourth-order valence-corrected chi connectivity index (χ4v) is 5.02. The molecule has 2 aromatic heterocycles. The topological polar surface area (TPSA) is 191 Å². The van der Waals surface area contributed by atoms with Gasteiger partial charge in [-0.1, -0.05) is 11.2 Å². The molecule has 196 valence electrons. The van der Waals surface area contributed by atoms with Gasteiger partial charge in [0.05, 0.1) is 43.5 Å². The number of para-hydroxylation sites is 1. The number of sulfonamides is 1. The summed E-state index contributed by atoms with van der Waals surface area (Å²) in [5.41, 5.74) is 0.197. The van der Waals surface area contributed by atoms with Gasteiger partial charge >= 0.3 is 6.09 Å². The summed E-state index contributed by atoms with van der Waals surface area (Å²) in [4.78, 5) is 28.6. The van der Waals surface area contributed by atoms with E-state index in [0.29, 0.717) is 18.5 Å². The lowest BCUT2D eigenvalue weighted by atomic mass is 10.1. The molecule has 3 N–H and O–H groups in total. The van der Waals surface area contributed by atoms with Crippen LogP contribution >= 0.6 is 0 Å². The third-order valence-electron chi connectivity index (χ3n) is 5.25. The first kappa shape index (κ1) is 21.9. The van der Waals surface area contributed by atoms with E-state index in [1.54, 1.807) is 18.2 Å². The van der Waals surface area contributed by atoms with E-state index < -0.39 is 34.7 Å². The fourth-order valence-electron chi connectivity index (χ4n) is 3.56. The second kappa shape index (κ2) is 10.8. The van der Waals surface area contributed by atoms with Gasteiger partial charge in [-0.25, -0.2) is 13.2 Å². The summed E-state index contributed by atoms with van der Waals surface area (Å²) in [7, 11) is -0.856. The van der Waals surface area contributed by atoms with Gasteiger partial charge in [0.1, 0.15) is 0 Å². The molecule has 3 heterocycles. The Morgan fingerprint density at radius 3 is 2.78 bits per heavy atom. The number of rotatable bonds is 8. The number of hydrogen-bond donors (Lipinski definition) is 3. The molecule has 1 saturated heterocycles. The molecule has 0 saturated carbocycles. The van der Waals surface area contributed by atoms with Crippen LogP contribution in [0.15, 0.2) is 28.8 Å². The Morgan fingerprint density at radius 1 is 1.24 bits per heavy atom. The molecule has 0 atom stereocenters. The van der Waals surface area contributed by atoms with E-state index in [2.05, 4.69) is 35.7 Å². The van der Waals surface area contributed by atoms with E-state index in [0.717, 1.165) is 7.11 Å². The minimum atomic E-state index is -3.37. The second-order valence-electron chi connectivity index (χ2n) is 7.59. The lowest BCUT2D eigenvalue weighted by molar-refractivity contribution is 0.0958. The molecule has 3 aromatic rings. The molecule has 1 fully saturated rings. The highest BCUT2D eigenvalue weighted by molar-refractivity contribution is 7.89. The number of anilines is 3. The zero-order valence-corrected chi connectivity index (χ0v) is 20.5. The van der Waals surface area contributed by atoms with Gasteiger partial charge in [-0.15, -0.1) is 10.2 Å². The van der Waals surface area contributed by atoms with Crippen molar-refractivity contribution in [3.8, 4) is 17.1 Å². The molecule has 0 unspecified atom stereocenters. The molecule has 15 nitrogen and oxygen atoms in total. The highest BCUT2D eigenvalue weighted by atomic mass is 32.2. The average molecular weight is 536 g/mol. The number of carbonyl (C=O) groups is 2. The summed E-state index contributed by atoms with van der Waals surface area (Å²) in [6, 6.07) is 6.07. The first-order valence-electron chi connectivity index (χ1n) is 12.2. The molecule has 1 aliphatic rings. The number of nitrogens with zero attached hydrogens (tertiary/aromatic N) is 5. The van der Waals surface area contributed by atoms with Gasteiger partial charge in [0.15, 0.2) is 17.3 Å². The molecule has 0 aliphatic carbocycles. The number of nitrogens with one attached hydrogen (secondary N) is 3. The number of ether oxygens (including phenoxy) is 2. The highest BCUT2D eigenvalue weighted by Gasteiger charge is 2.30. The third-order valence-corrected chi connectivity index (χ3v) is 7.15. The van der Waals surface area contributed by atoms with Gasteiger partial charge in [0.25, 0.3) is 5.91 Å². The summed E-state index contributed by atoms with van der Waals surface area (Å²) in [5.74, 6) is -0.716. The minimum Gasteiger partial charge on any atom is -0.494 e. The van der Waals surface area contributed by atoms with E-state index in [9.17, 15) is 18.0 Å². The molecular formula is C21H24N8O7S. The molecule has 0 bridgehead atoms. The van der Waals surface area contributed by atoms with Crippen LogP contribution in [-0.4, -0.2) is 78.6 Å². The van der Waals surface area contributed by atoms with Crippen molar-refractivity contribution in [3.05, 3.63) is 35.9 Å². The van der Waals surface area contributed by atoms with E-state index in [1.807, 2.05) is 5.32 Å². The number of methoxy groups -OCH3 is 2. The lowest BCUT2D eigenvalue weighted by Gasteiger charge is -2.15. The highest BCUT2D eigenvalue weighted by Crippen LogP contribution is 2.37. The Balaban J connectivity index is 1.68. The van der Waals surface area contributed by atoms with E-state index in [1.165, 1.54) is 17.5 Å². The molecule has 1 aliphatic heterocycles. The standard InChI is InChI=1S/C21H24N8O7S/c1-22-20(30)17-14(10-15(26-27-17)24-21(31)35-3)23-13-7-4-6-12(18(13)34-2)19-25-16(36-28-19)11-29-8-5-9-37(29,32)33/h4,6-7,10H,5,8-9,11H2,1-3H3,(H,22,30)(H2,23,24,26,31)/i1D3. The van der Waals surface area contributed by atoms with Crippen molar-refractivity contribution in [3.63, 3.8) is 0 Å². The Morgan fingerprint density at radius 2 is 2.08 bits per heavy atom. The molecule has 0 spiro atoms. The van der Waals surface area contributed by atoms with Gasteiger partial charge in [0, 0.05) is 23.7 Å². The Labute approximate surface area is 215 Å². The van der Waals surface area contributed by atoms with Crippen molar-refractivity contribution >= 4 is 39.2 Å². The van der Waals surface area contributed by atoms with Crippen molar-refractivity contribution in [1.82, 2.24) is 30.0 Å². The maximum atomic E-state index is 12.7. The van der Waals surface area contributed by atoms with Gasteiger partial charge in [-0.05, 0) is 18.6 Å². The van der Waals surface area contributed by atoms with E-state index in [-0.39, 0.29) is 47.0 Å². The average Bonchev–Trinajstić information content (AvgIpc) is 3.48.